The summed E-state index contributed by atoms with van der Waals surface area (Å²) in [4.78, 5) is 1.97. The summed E-state index contributed by atoms with van der Waals surface area (Å²) < 4.78 is 3.48. The molecule has 0 saturated carbocycles. The Hall–Kier alpha value is -1.48. The van der Waals surface area contributed by atoms with Gasteiger partial charge in [0.25, 0.3) is 5.01 Å². The van der Waals surface area contributed by atoms with Crippen molar-refractivity contribution >= 4 is 39.4 Å². The average Bonchev–Trinajstić information content (AvgIpc) is 2.97. The Bertz CT molecular complexity index is 856. The Kier molecular flexibility index (Phi) is 8.02. The van der Waals surface area contributed by atoms with Crippen LogP contribution in [0.1, 0.15) is 10.6 Å². The maximum Gasteiger partial charge on any atom is 0.262 e. The van der Waals surface area contributed by atoms with E-state index < -0.39 is 0 Å². The van der Waals surface area contributed by atoms with E-state index in [2.05, 4.69) is 60.2 Å². The molecule has 0 fully saturated rings. The maximum absolute atomic E-state index is 9.14. The van der Waals surface area contributed by atoms with Gasteiger partial charge in [-0.25, -0.2) is 0 Å². The Balaban J connectivity index is 0.00000243. The lowest BCUT2D eigenvalue weighted by molar-refractivity contribution is -0.642. The number of anilines is 1. The SMILES string of the molecule is C[n+]1c(/C=C/c2ccc(N(CCO)CCO)cc2)sc2ccccc21.[I-]. The number of fused-ring (bicyclic) bond motifs is 1. The van der Waals surface area contributed by atoms with E-state index in [1.807, 2.05) is 17.0 Å². The molecule has 6 heteroatoms. The van der Waals surface area contributed by atoms with Crippen molar-refractivity contribution in [3.05, 3.63) is 59.1 Å². The second-order valence-corrected chi connectivity index (χ2v) is 6.89. The minimum Gasteiger partial charge on any atom is -1.00 e. The molecule has 1 heterocycles. The minimum atomic E-state index is 0. The second kappa shape index (κ2) is 10.0. The van der Waals surface area contributed by atoms with Crippen LogP contribution in [0.4, 0.5) is 5.69 Å². The van der Waals surface area contributed by atoms with E-state index in [-0.39, 0.29) is 37.2 Å². The average molecular weight is 482 g/mol. The first-order chi connectivity index (χ1) is 12.2. The molecule has 0 saturated heterocycles. The first-order valence-corrected chi connectivity index (χ1v) is 9.17. The fourth-order valence-corrected chi connectivity index (χ4v) is 3.89. The molecule has 0 unspecified atom stereocenters. The van der Waals surface area contributed by atoms with E-state index in [0.29, 0.717) is 13.1 Å². The molecule has 0 spiro atoms. The molecule has 0 radical (unpaired) electrons. The lowest BCUT2D eigenvalue weighted by Gasteiger charge is -2.22. The van der Waals surface area contributed by atoms with Gasteiger partial charge in [-0.2, -0.15) is 4.57 Å². The molecule has 0 bridgehead atoms. The van der Waals surface area contributed by atoms with Gasteiger partial charge in [0.15, 0.2) is 0 Å². The summed E-state index contributed by atoms with van der Waals surface area (Å²) in [6.45, 7) is 1.19. The molecular weight excluding hydrogens is 459 g/mol. The third-order valence-electron chi connectivity index (χ3n) is 4.19. The number of hydrogen-bond acceptors (Lipinski definition) is 4. The van der Waals surface area contributed by atoms with Gasteiger partial charge in [-0.05, 0) is 29.8 Å². The van der Waals surface area contributed by atoms with Crippen LogP contribution in [0, 0.1) is 0 Å². The summed E-state index contributed by atoms with van der Waals surface area (Å²) in [5.41, 5.74) is 3.37. The number of benzene rings is 2. The predicted molar refractivity (Wildman–Crippen MR) is 105 cm³/mol. The van der Waals surface area contributed by atoms with Gasteiger partial charge in [-0.3, -0.25) is 0 Å². The van der Waals surface area contributed by atoms with Crippen LogP contribution in [0.15, 0.2) is 48.5 Å². The van der Waals surface area contributed by atoms with E-state index in [4.69, 9.17) is 10.2 Å². The van der Waals surface area contributed by atoms with Gasteiger partial charge in [-0.15, -0.1) is 0 Å². The summed E-state index contributed by atoms with van der Waals surface area (Å²) in [6, 6.07) is 16.6. The van der Waals surface area contributed by atoms with Crippen molar-refractivity contribution in [1.29, 1.82) is 0 Å². The first kappa shape index (κ1) is 20.8. The number of halogens is 1. The number of hydrogen-bond donors (Lipinski definition) is 2. The molecule has 2 aromatic carbocycles. The van der Waals surface area contributed by atoms with Crippen molar-refractivity contribution in [1.82, 2.24) is 0 Å². The van der Waals surface area contributed by atoms with Crippen molar-refractivity contribution in [3.63, 3.8) is 0 Å². The summed E-state index contributed by atoms with van der Waals surface area (Å²) >= 11 is 1.78. The van der Waals surface area contributed by atoms with Gasteiger partial charge in [-0.1, -0.05) is 35.6 Å². The molecule has 0 atom stereocenters. The van der Waals surface area contributed by atoms with E-state index >= 15 is 0 Å². The fraction of sp³-hybridized carbons (Fsp3) is 0.250. The van der Waals surface area contributed by atoms with Crippen LogP contribution in [-0.4, -0.2) is 36.5 Å². The Morgan fingerprint density at radius 1 is 0.962 bits per heavy atom. The summed E-state index contributed by atoms with van der Waals surface area (Å²) in [6.07, 6.45) is 4.25. The normalized spacial score (nSPS) is 11.0. The number of aliphatic hydroxyl groups excluding tert-OH is 2. The smallest absolute Gasteiger partial charge is 0.262 e. The molecule has 3 aromatic rings. The van der Waals surface area contributed by atoms with Gasteiger partial charge in [0.2, 0.25) is 5.52 Å². The van der Waals surface area contributed by atoms with Gasteiger partial charge in [0.05, 0.1) is 13.2 Å². The Labute approximate surface area is 175 Å². The van der Waals surface area contributed by atoms with Crippen molar-refractivity contribution < 1.29 is 38.8 Å². The van der Waals surface area contributed by atoms with Crippen LogP contribution < -0.4 is 33.4 Å². The molecule has 138 valence electrons. The third-order valence-corrected chi connectivity index (χ3v) is 5.37. The molecule has 0 aliphatic rings. The summed E-state index contributed by atoms with van der Waals surface area (Å²) in [7, 11) is 2.09. The monoisotopic (exact) mass is 482 g/mol. The molecule has 0 aliphatic heterocycles. The minimum absolute atomic E-state index is 0. The lowest BCUT2D eigenvalue weighted by Crippen LogP contribution is -3.00. The number of nitrogens with zero attached hydrogens (tertiary/aromatic N) is 2. The zero-order valence-corrected chi connectivity index (χ0v) is 17.7. The quantitative estimate of drug-likeness (QED) is 0.359. The standard InChI is InChI=1S/C20H23N2O2S.HI/c1-21-18-4-2-3-5-19(18)25-20(21)11-8-16-6-9-17(10-7-16)22(12-14-23)13-15-24;/h2-11,23-24H,12-15H2,1H3;1H/q+1;/p-1. The van der Waals surface area contributed by atoms with Crippen LogP contribution in [0.5, 0.6) is 0 Å². The number of aliphatic hydroxyl groups is 2. The molecule has 4 nitrogen and oxygen atoms in total. The Morgan fingerprint density at radius 2 is 1.62 bits per heavy atom. The molecule has 0 amide bonds. The van der Waals surface area contributed by atoms with Gasteiger partial charge >= 0.3 is 0 Å². The van der Waals surface area contributed by atoms with Crippen LogP contribution in [0.3, 0.4) is 0 Å². The zero-order valence-electron chi connectivity index (χ0n) is 14.7. The second-order valence-electron chi connectivity index (χ2n) is 5.83. The number of para-hydroxylation sites is 1. The lowest BCUT2D eigenvalue weighted by atomic mass is 10.2. The fourth-order valence-electron chi connectivity index (χ4n) is 2.84. The molecule has 3 rings (SSSR count). The predicted octanol–water partition coefficient (Wildman–Crippen LogP) is -0.309. The highest BCUT2D eigenvalue weighted by Gasteiger charge is 2.13. The van der Waals surface area contributed by atoms with Crippen LogP contribution in [0.25, 0.3) is 22.4 Å². The number of thiazole rings is 1. The highest BCUT2D eigenvalue weighted by atomic mass is 127. The molecule has 2 N–H and O–H groups in total. The zero-order chi connectivity index (χ0) is 17.6. The van der Waals surface area contributed by atoms with E-state index in [0.717, 1.165) is 11.3 Å². The largest absolute Gasteiger partial charge is 1.00 e. The van der Waals surface area contributed by atoms with Crippen molar-refractivity contribution in [2.45, 2.75) is 0 Å². The van der Waals surface area contributed by atoms with Crippen LogP contribution in [0.2, 0.25) is 0 Å². The summed E-state index contributed by atoms with van der Waals surface area (Å²) in [5, 5.41) is 19.5. The highest BCUT2D eigenvalue weighted by molar-refractivity contribution is 7.18. The topological polar surface area (TPSA) is 47.6 Å². The number of aromatic nitrogens is 1. The van der Waals surface area contributed by atoms with Crippen LogP contribution in [-0.2, 0) is 7.05 Å². The van der Waals surface area contributed by atoms with Gasteiger partial charge in [0, 0.05) is 30.9 Å². The van der Waals surface area contributed by atoms with E-state index in [1.54, 1.807) is 11.3 Å². The van der Waals surface area contributed by atoms with E-state index in [9.17, 15) is 0 Å². The third kappa shape index (κ3) is 4.82. The Morgan fingerprint density at radius 3 is 2.23 bits per heavy atom. The number of rotatable bonds is 7. The van der Waals surface area contributed by atoms with Crippen molar-refractivity contribution in [2.24, 2.45) is 7.05 Å². The molecule has 0 aliphatic carbocycles. The van der Waals surface area contributed by atoms with Gasteiger partial charge in [0.1, 0.15) is 11.7 Å². The highest BCUT2D eigenvalue weighted by Crippen LogP contribution is 2.22. The maximum atomic E-state index is 9.14. The number of aryl methyl sites for hydroxylation is 1. The van der Waals surface area contributed by atoms with Gasteiger partial charge < -0.3 is 39.1 Å². The van der Waals surface area contributed by atoms with Crippen molar-refractivity contribution in [3.8, 4) is 0 Å². The molecular formula is C20H23IN2O2S. The molecule has 26 heavy (non-hydrogen) atoms. The van der Waals surface area contributed by atoms with E-state index in [1.165, 1.54) is 15.2 Å². The van der Waals surface area contributed by atoms with Crippen molar-refractivity contribution in [2.75, 3.05) is 31.2 Å². The van der Waals surface area contributed by atoms with Crippen LogP contribution >= 0.6 is 11.3 Å². The molecule has 1 aromatic heterocycles. The summed E-state index contributed by atoms with van der Waals surface area (Å²) in [5.74, 6) is 0. The first-order valence-electron chi connectivity index (χ1n) is 8.35.